The van der Waals surface area contributed by atoms with Crippen LogP contribution in [0.15, 0.2) is 59.6 Å². The van der Waals surface area contributed by atoms with Crippen LogP contribution in [0.3, 0.4) is 0 Å². The number of nitrogens with two attached hydrogens (primary N) is 1. The Kier molecular flexibility index (Phi) is 6.95. The summed E-state index contributed by atoms with van der Waals surface area (Å²) in [4.78, 5) is 4.52. The fourth-order valence-electron chi connectivity index (χ4n) is 3.67. The zero-order chi connectivity index (χ0) is 17.8. The summed E-state index contributed by atoms with van der Waals surface area (Å²) >= 11 is 0. The number of halogens is 1. The Morgan fingerprint density at radius 3 is 2.67 bits per heavy atom. The molecular formula is C21H26IN3O2. The zero-order valence-corrected chi connectivity index (χ0v) is 17.5. The molecule has 0 amide bonds. The Balaban J connectivity index is 0.00000210. The van der Waals surface area contributed by atoms with Crippen molar-refractivity contribution in [2.24, 2.45) is 10.7 Å². The highest BCUT2D eigenvalue weighted by Gasteiger charge is 2.26. The van der Waals surface area contributed by atoms with E-state index >= 15 is 0 Å². The lowest BCUT2D eigenvalue weighted by molar-refractivity contribution is 0.0501. The van der Waals surface area contributed by atoms with Gasteiger partial charge in [-0.15, -0.1) is 24.0 Å². The molecule has 0 aromatic heterocycles. The van der Waals surface area contributed by atoms with Crippen LogP contribution in [-0.2, 0) is 4.74 Å². The first-order valence-electron chi connectivity index (χ1n) is 9.28. The second-order valence-corrected chi connectivity index (χ2v) is 6.83. The van der Waals surface area contributed by atoms with Crippen LogP contribution < -0.4 is 15.8 Å². The Morgan fingerprint density at radius 2 is 1.81 bits per heavy atom. The smallest absolute Gasteiger partial charge is 0.189 e. The molecule has 2 heterocycles. The third-order valence-electron chi connectivity index (χ3n) is 5.02. The molecule has 27 heavy (non-hydrogen) atoms. The molecule has 144 valence electrons. The van der Waals surface area contributed by atoms with Gasteiger partial charge in [-0.05, 0) is 24.5 Å². The van der Waals surface area contributed by atoms with Gasteiger partial charge in [0.1, 0.15) is 5.75 Å². The van der Waals surface area contributed by atoms with Crippen LogP contribution in [0, 0.1) is 0 Å². The molecule has 3 N–H and O–H groups in total. The summed E-state index contributed by atoms with van der Waals surface area (Å²) in [5.74, 6) is 1.40. The molecular weight excluding hydrogens is 453 g/mol. The minimum Gasteiger partial charge on any atom is -0.493 e. The highest BCUT2D eigenvalue weighted by Crippen LogP contribution is 2.33. The van der Waals surface area contributed by atoms with E-state index in [-0.39, 0.29) is 42.2 Å². The number of benzene rings is 2. The fraction of sp³-hybridized carbons (Fsp3) is 0.381. The predicted molar refractivity (Wildman–Crippen MR) is 118 cm³/mol. The summed E-state index contributed by atoms with van der Waals surface area (Å²) in [5.41, 5.74) is 8.50. The number of fused-ring (bicyclic) bond motifs is 1. The lowest BCUT2D eigenvalue weighted by atomic mass is 10.0. The number of guanidine groups is 1. The maximum absolute atomic E-state index is 6.13. The fourth-order valence-corrected chi connectivity index (χ4v) is 3.67. The number of ether oxygens (including phenoxy) is 2. The predicted octanol–water partition coefficient (Wildman–Crippen LogP) is 3.95. The molecule has 2 aromatic carbocycles. The Morgan fingerprint density at radius 1 is 1.04 bits per heavy atom. The lowest BCUT2D eigenvalue weighted by Gasteiger charge is -2.27. The summed E-state index contributed by atoms with van der Waals surface area (Å²) in [6, 6.07) is 18.6. The monoisotopic (exact) mass is 479 g/mol. The third-order valence-corrected chi connectivity index (χ3v) is 5.02. The van der Waals surface area contributed by atoms with Gasteiger partial charge in [-0.2, -0.15) is 0 Å². The molecule has 2 aliphatic heterocycles. The Hall–Kier alpha value is -1.80. The Bertz CT molecular complexity index is 769. The van der Waals surface area contributed by atoms with Crippen LogP contribution in [-0.4, -0.2) is 25.2 Å². The van der Waals surface area contributed by atoms with E-state index in [1.54, 1.807) is 0 Å². The second-order valence-electron chi connectivity index (χ2n) is 6.83. The normalized spacial score (nSPS) is 24.4. The zero-order valence-electron chi connectivity index (χ0n) is 15.2. The van der Waals surface area contributed by atoms with Gasteiger partial charge in [-0.25, -0.2) is 0 Å². The van der Waals surface area contributed by atoms with Crippen LogP contribution in [0.2, 0.25) is 0 Å². The summed E-state index contributed by atoms with van der Waals surface area (Å²) < 4.78 is 11.8. The molecule has 4 rings (SSSR count). The molecule has 1 fully saturated rings. The molecule has 6 heteroatoms. The maximum atomic E-state index is 6.13. The first-order chi connectivity index (χ1) is 12.8. The van der Waals surface area contributed by atoms with Crippen LogP contribution in [0.25, 0.3) is 0 Å². The average molecular weight is 479 g/mol. The number of rotatable bonds is 4. The van der Waals surface area contributed by atoms with Gasteiger partial charge >= 0.3 is 0 Å². The first kappa shape index (κ1) is 19.9. The number of hydrogen-bond donors (Lipinski definition) is 2. The van der Waals surface area contributed by atoms with E-state index in [9.17, 15) is 0 Å². The van der Waals surface area contributed by atoms with Gasteiger partial charge in [0.15, 0.2) is 5.96 Å². The molecule has 1 unspecified atom stereocenters. The number of hydrogen-bond acceptors (Lipinski definition) is 3. The molecule has 2 aromatic rings. The number of nitrogens with one attached hydrogen (secondary N) is 1. The third kappa shape index (κ3) is 4.93. The van der Waals surface area contributed by atoms with Crippen molar-refractivity contribution in [2.75, 3.05) is 13.2 Å². The number of aliphatic imine (C=N–C) groups is 1. The molecule has 0 bridgehead atoms. The topological polar surface area (TPSA) is 68.9 Å². The van der Waals surface area contributed by atoms with E-state index in [1.807, 2.05) is 24.3 Å². The molecule has 0 spiro atoms. The number of nitrogens with zero attached hydrogens (tertiary/aromatic N) is 1. The van der Waals surface area contributed by atoms with Gasteiger partial charge in [0.2, 0.25) is 0 Å². The van der Waals surface area contributed by atoms with E-state index in [4.69, 9.17) is 15.2 Å². The van der Waals surface area contributed by atoms with Gasteiger partial charge < -0.3 is 20.5 Å². The standard InChI is InChI=1S/C21H25N3O2.HI/c22-21(24-18-12-13-25-20-9-5-4-8-17(18)20)23-14-16-10-11-19(26-16)15-6-2-1-3-7-15;/h1-9,16,18-19H,10-14H2,(H3,22,23,24);1H/t16-,18?,19+;/m1./s1. The first-order valence-corrected chi connectivity index (χ1v) is 9.28. The lowest BCUT2D eigenvalue weighted by Crippen LogP contribution is -2.37. The van der Waals surface area contributed by atoms with Crippen molar-refractivity contribution in [3.8, 4) is 5.75 Å². The summed E-state index contributed by atoms with van der Waals surface area (Å²) in [6.45, 7) is 1.28. The van der Waals surface area contributed by atoms with Crippen LogP contribution in [0.4, 0.5) is 0 Å². The quantitative estimate of drug-likeness (QED) is 0.396. The van der Waals surface area contributed by atoms with Crippen molar-refractivity contribution in [3.05, 3.63) is 65.7 Å². The van der Waals surface area contributed by atoms with Gasteiger partial charge in [0.05, 0.1) is 31.4 Å². The molecule has 5 nitrogen and oxygen atoms in total. The van der Waals surface area contributed by atoms with Gasteiger partial charge in [0.25, 0.3) is 0 Å². The van der Waals surface area contributed by atoms with E-state index in [0.29, 0.717) is 19.1 Å². The van der Waals surface area contributed by atoms with Crippen LogP contribution in [0.5, 0.6) is 5.75 Å². The van der Waals surface area contributed by atoms with Crippen molar-refractivity contribution in [2.45, 2.75) is 37.5 Å². The SMILES string of the molecule is I.NC(=NC[C@H]1CC[C@@H](c2ccccc2)O1)NC1CCOc2ccccc21. The Labute approximate surface area is 177 Å². The summed E-state index contributed by atoms with van der Waals surface area (Å²) in [7, 11) is 0. The number of para-hydroxylation sites is 1. The van der Waals surface area contributed by atoms with Crippen molar-refractivity contribution in [1.82, 2.24) is 5.32 Å². The highest BCUT2D eigenvalue weighted by molar-refractivity contribution is 14.0. The minimum atomic E-state index is 0. The van der Waals surface area contributed by atoms with Crippen molar-refractivity contribution in [1.29, 1.82) is 0 Å². The van der Waals surface area contributed by atoms with E-state index in [2.05, 4.69) is 40.6 Å². The van der Waals surface area contributed by atoms with E-state index in [1.165, 1.54) is 5.56 Å². The average Bonchev–Trinajstić information content (AvgIpc) is 3.17. The maximum Gasteiger partial charge on any atom is 0.189 e. The van der Waals surface area contributed by atoms with Crippen LogP contribution in [0.1, 0.15) is 42.5 Å². The van der Waals surface area contributed by atoms with Gasteiger partial charge in [-0.3, -0.25) is 4.99 Å². The van der Waals surface area contributed by atoms with Gasteiger partial charge in [-0.1, -0.05) is 48.5 Å². The summed E-state index contributed by atoms with van der Waals surface area (Å²) in [5, 5.41) is 3.33. The molecule has 0 aliphatic carbocycles. The van der Waals surface area contributed by atoms with Crippen molar-refractivity contribution < 1.29 is 9.47 Å². The van der Waals surface area contributed by atoms with Crippen LogP contribution >= 0.6 is 24.0 Å². The molecule has 0 radical (unpaired) electrons. The van der Waals surface area contributed by atoms with E-state index in [0.717, 1.165) is 30.6 Å². The minimum absolute atomic E-state index is 0. The van der Waals surface area contributed by atoms with E-state index < -0.39 is 0 Å². The van der Waals surface area contributed by atoms with Crippen molar-refractivity contribution in [3.63, 3.8) is 0 Å². The largest absolute Gasteiger partial charge is 0.493 e. The molecule has 1 saturated heterocycles. The highest BCUT2D eigenvalue weighted by atomic mass is 127. The second kappa shape index (κ2) is 9.41. The van der Waals surface area contributed by atoms with Crippen molar-refractivity contribution >= 4 is 29.9 Å². The molecule has 0 saturated carbocycles. The van der Waals surface area contributed by atoms with Gasteiger partial charge in [0, 0.05) is 12.0 Å². The molecule has 3 atom stereocenters. The molecule has 2 aliphatic rings. The summed E-state index contributed by atoms with van der Waals surface area (Å²) in [6.07, 6.45) is 3.22.